The third-order valence-electron chi connectivity index (χ3n) is 4.26. The van der Waals surface area contributed by atoms with Gasteiger partial charge in [-0.2, -0.15) is 0 Å². The van der Waals surface area contributed by atoms with E-state index < -0.39 is 0 Å². The van der Waals surface area contributed by atoms with Gasteiger partial charge in [-0.15, -0.1) is 0 Å². The lowest BCUT2D eigenvalue weighted by molar-refractivity contribution is 0.0726. The number of fused-ring (bicyclic) bond motifs is 1. The van der Waals surface area contributed by atoms with Crippen molar-refractivity contribution in [1.29, 1.82) is 0 Å². The van der Waals surface area contributed by atoms with Gasteiger partial charge in [0.1, 0.15) is 11.5 Å². The summed E-state index contributed by atoms with van der Waals surface area (Å²) in [5.74, 6) is 1.25. The molecule has 0 bridgehead atoms. The lowest BCUT2D eigenvalue weighted by Gasteiger charge is -2.30. The minimum atomic E-state index is -0.132. The van der Waals surface area contributed by atoms with Crippen molar-refractivity contribution in [3.8, 4) is 11.5 Å². The highest BCUT2D eigenvalue weighted by Gasteiger charge is 2.30. The number of hydrogen-bond donors (Lipinski definition) is 0. The zero-order chi connectivity index (χ0) is 18.1. The molecule has 0 saturated carbocycles. The van der Waals surface area contributed by atoms with Crippen molar-refractivity contribution >= 4 is 45.0 Å². The van der Waals surface area contributed by atoms with Gasteiger partial charge in [-0.3, -0.25) is 4.79 Å². The van der Waals surface area contributed by atoms with E-state index in [-0.39, 0.29) is 5.91 Å². The van der Waals surface area contributed by atoms with E-state index >= 15 is 0 Å². The molecule has 1 heterocycles. The predicted octanol–water partition coefficient (Wildman–Crippen LogP) is 4.97. The highest BCUT2D eigenvalue weighted by atomic mass is 79.9. The Morgan fingerprint density at radius 1 is 1.20 bits per heavy atom. The van der Waals surface area contributed by atoms with Gasteiger partial charge in [-0.05, 0) is 46.1 Å². The van der Waals surface area contributed by atoms with E-state index in [0.29, 0.717) is 51.1 Å². The van der Waals surface area contributed by atoms with Gasteiger partial charge in [0, 0.05) is 34.2 Å². The Kier molecular flexibility index (Phi) is 5.46. The molecule has 4 nitrogen and oxygen atoms in total. The summed E-state index contributed by atoms with van der Waals surface area (Å²) in [6, 6.07) is 7.28. The molecule has 0 N–H and O–H groups in total. The molecule has 0 fully saturated rings. The molecule has 0 spiro atoms. The first-order valence-electron chi connectivity index (χ1n) is 7.62. The molecule has 0 radical (unpaired) electrons. The SMILES string of the molecule is COc1ccc(CN2CCc3c(Cl)cc(Br)c(Cl)c3C2=O)c(OC)c1. The average molecular weight is 445 g/mol. The third kappa shape index (κ3) is 3.46. The van der Waals surface area contributed by atoms with Gasteiger partial charge in [0.15, 0.2) is 0 Å². The number of halogens is 3. The van der Waals surface area contributed by atoms with Crippen LogP contribution in [0.15, 0.2) is 28.7 Å². The van der Waals surface area contributed by atoms with Gasteiger partial charge in [0.25, 0.3) is 5.91 Å². The first-order valence-corrected chi connectivity index (χ1v) is 9.17. The van der Waals surface area contributed by atoms with E-state index in [1.807, 2.05) is 12.1 Å². The Morgan fingerprint density at radius 3 is 2.64 bits per heavy atom. The van der Waals surface area contributed by atoms with E-state index in [0.717, 1.165) is 11.1 Å². The number of hydrogen-bond acceptors (Lipinski definition) is 3. The van der Waals surface area contributed by atoms with Crippen LogP contribution in [-0.2, 0) is 13.0 Å². The lowest BCUT2D eigenvalue weighted by atomic mass is 9.98. The van der Waals surface area contributed by atoms with E-state index in [1.165, 1.54) is 0 Å². The van der Waals surface area contributed by atoms with Gasteiger partial charge < -0.3 is 14.4 Å². The Bertz CT molecular complexity index is 842. The number of methoxy groups -OCH3 is 2. The molecule has 1 aliphatic heterocycles. The van der Waals surface area contributed by atoms with Crippen molar-refractivity contribution < 1.29 is 14.3 Å². The zero-order valence-electron chi connectivity index (χ0n) is 13.7. The molecule has 25 heavy (non-hydrogen) atoms. The van der Waals surface area contributed by atoms with E-state index in [4.69, 9.17) is 32.7 Å². The van der Waals surface area contributed by atoms with Crippen LogP contribution in [0.25, 0.3) is 0 Å². The van der Waals surface area contributed by atoms with Crippen molar-refractivity contribution in [3.05, 3.63) is 55.5 Å². The molecule has 1 amide bonds. The molecular weight excluding hydrogens is 429 g/mol. The van der Waals surface area contributed by atoms with Crippen LogP contribution in [0.1, 0.15) is 21.5 Å². The minimum absolute atomic E-state index is 0.132. The fraction of sp³-hybridized carbons (Fsp3) is 0.278. The molecule has 0 atom stereocenters. The average Bonchev–Trinajstić information content (AvgIpc) is 2.61. The topological polar surface area (TPSA) is 38.8 Å². The largest absolute Gasteiger partial charge is 0.497 e. The van der Waals surface area contributed by atoms with Gasteiger partial charge in [-0.25, -0.2) is 0 Å². The number of nitrogens with zero attached hydrogens (tertiary/aromatic N) is 1. The summed E-state index contributed by atoms with van der Waals surface area (Å²) in [6.07, 6.45) is 0.658. The molecule has 3 rings (SSSR count). The summed E-state index contributed by atoms with van der Waals surface area (Å²) in [5, 5.41) is 0.956. The van der Waals surface area contributed by atoms with Gasteiger partial charge >= 0.3 is 0 Å². The van der Waals surface area contributed by atoms with Crippen LogP contribution in [0, 0.1) is 0 Å². The molecule has 0 aliphatic carbocycles. The van der Waals surface area contributed by atoms with Crippen LogP contribution in [-0.4, -0.2) is 31.6 Å². The maximum atomic E-state index is 13.0. The number of amides is 1. The van der Waals surface area contributed by atoms with Crippen LogP contribution in [0.4, 0.5) is 0 Å². The molecule has 2 aromatic rings. The lowest BCUT2D eigenvalue weighted by Crippen LogP contribution is -2.37. The third-order valence-corrected chi connectivity index (χ3v) is 5.84. The first-order chi connectivity index (χ1) is 12.0. The molecule has 0 aromatic heterocycles. The molecular formula is C18H16BrCl2NO3. The van der Waals surface area contributed by atoms with Gasteiger partial charge in [-0.1, -0.05) is 23.2 Å². The molecule has 0 saturated heterocycles. The second kappa shape index (κ2) is 7.44. The van der Waals surface area contributed by atoms with Crippen LogP contribution in [0.3, 0.4) is 0 Å². The Morgan fingerprint density at radius 2 is 1.96 bits per heavy atom. The quantitative estimate of drug-likeness (QED) is 0.624. The van der Waals surface area contributed by atoms with Crippen molar-refractivity contribution in [2.75, 3.05) is 20.8 Å². The summed E-state index contributed by atoms with van der Waals surface area (Å²) in [5.41, 5.74) is 2.18. The maximum absolute atomic E-state index is 13.0. The van der Waals surface area contributed by atoms with Crippen LogP contribution < -0.4 is 9.47 Å². The van der Waals surface area contributed by atoms with Crippen LogP contribution >= 0.6 is 39.1 Å². The molecule has 0 unspecified atom stereocenters. The summed E-state index contributed by atoms with van der Waals surface area (Å²) in [7, 11) is 3.20. The monoisotopic (exact) mass is 443 g/mol. The van der Waals surface area contributed by atoms with Crippen LogP contribution in [0.2, 0.25) is 10.0 Å². The Balaban J connectivity index is 1.93. The predicted molar refractivity (Wildman–Crippen MR) is 102 cm³/mol. The first kappa shape index (κ1) is 18.4. The highest BCUT2D eigenvalue weighted by Crippen LogP contribution is 2.38. The maximum Gasteiger partial charge on any atom is 0.256 e. The summed E-state index contributed by atoms with van der Waals surface area (Å²) < 4.78 is 11.3. The molecule has 7 heteroatoms. The van der Waals surface area contributed by atoms with Crippen molar-refractivity contribution in [1.82, 2.24) is 4.90 Å². The summed E-state index contributed by atoms with van der Waals surface area (Å²) in [4.78, 5) is 14.7. The fourth-order valence-corrected chi connectivity index (χ4v) is 4.05. The fourth-order valence-electron chi connectivity index (χ4n) is 2.95. The number of carbonyl (C=O) groups excluding carboxylic acids is 1. The second-order valence-electron chi connectivity index (χ2n) is 5.66. The van der Waals surface area contributed by atoms with E-state index in [9.17, 15) is 4.79 Å². The summed E-state index contributed by atoms with van der Waals surface area (Å²) >= 11 is 16.0. The number of benzene rings is 2. The van der Waals surface area contributed by atoms with Crippen molar-refractivity contribution in [3.63, 3.8) is 0 Å². The summed E-state index contributed by atoms with van der Waals surface area (Å²) in [6.45, 7) is 0.991. The normalized spacial score (nSPS) is 13.6. The standard InChI is InChI=1S/C18H16BrCl2NO3/c1-24-11-4-3-10(15(7-11)25-2)9-22-6-5-12-14(20)8-13(19)17(21)16(12)18(22)23/h3-4,7-8H,5-6,9H2,1-2H3. The zero-order valence-corrected chi connectivity index (χ0v) is 16.8. The van der Waals surface area contributed by atoms with Gasteiger partial charge in [0.05, 0.1) is 24.8 Å². The van der Waals surface area contributed by atoms with Crippen molar-refractivity contribution in [2.24, 2.45) is 0 Å². The molecule has 1 aliphatic rings. The van der Waals surface area contributed by atoms with E-state index in [1.54, 1.807) is 31.3 Å². The van der Waals surface area contributed by atoms with E-state index in [2.05, 4.69) is 15.9 Å². The Hall–Kier alpha value is -1.43. The smallest absolute Gasteiger partial charge is 0.256 e. The number of carbonyl (C=O) groups is 1. The number of ether oxygens (including phenoxy) is 2. The van der Waals surface area contributed by atoms with Crippen LogP contribution in [0.5, 0.6) is 11.5 Å². The molecule has 132 valence electrons. The second-order valence-corrected chi connectivity index (χ2v) is 7.30. The Labute approximate surface area is 164 Å². The van der Waals surface area contributed by atoms with Gasteiger partial charge in [0.2, 0.25) is 0 Å². The van der Waals surface area contributed by atoms with Crippen molar-refractivity contribution in [2.45, 2.75) is 13.0 Å². The molecule has 2 aromatic carbocycles. The highest BCUT2D eigenvalue weighted by molar-refractivity contribution is 9.10. The minimum Gasteiger partial charge on any atom is -0.497 e. The number of rotatable bonds is 4.